The van der Waals surface area contributed by atoms with Gasteiger partial charge >= 0.3 is 6.03 Å². The van der Waals surface area contributed by atoms with Gasteiger partial charge in [0.1, 0.15) is 0 Å². The molecule has 3 amide bonds. The second-order valence-electron chi connectivity index (χ2n) is 7.50. The number of carbonyl (C=O) groups is 2. The van der Waals surface area contributed by atoms with E-state index >= 15 is 0 Å². The van der Waals surface area contributed by atoms with Gasteiger partial charge in [0.25, 0.3) is 5.91 Å². The molecule has 160 valence electrons. The molecule has 1 heterocycles. The van der Waals surface area contributed by atoms with Crippen molar-refractivity contribution in [1.29, 1.82) is 0 Å². The number of nitrogens with one attached hydrogen (secondary N) is 3. The number of hydrogen-bond acceptors (Lipinski definition) is 4. The van der Waals surface area contributed by atoms with Crippen molar-refractivity contribution >= 4 is 29.0 Å². The van der Waals surface area contributed by atoms with Gasteiger partial charge in [0, 0.05) is 50.1 Å². The number of aromatic nitrogens is 1. The topological polar surface area (TPSA) is 86.4 Å². The van der Waals surface area contributed by atoms with E-state index in [1.807, 2.05) is 69.2 Å². The van der Waals surface area contributed by atoms with Crippen molar-refractivity contribution in [3.63, 3.8) is 0 Å². The van der Waals surface area contributed by atoms with Crippen LogP contribution in [0.4, 0.5) is 21.9 Å². The van der Waals surface area contributed by atoms with Crippen LogP contribution in [-0.4, -0.2) is 31.0 Å². The zero-order valence-corrected chi connectivity index (χ0v) is 18.2. The minimum atomic E-state index is -0.368. The highest BCUT2D eigenvalue weighted by Gasteiger charge is 2.15. The van der Waals surface area contributed by atoms with Crippen molar-refractivity contribution < 1.29 is 9.59 Å². The first-order valence-electron chi connectivity index (χ1n) is 9.98. The van der Waals surface area contributed by atoms with Gasteiger partial charge in [-0.25, -0.2) is 4.79 Å². The highest BCUT2D eigenvalue weighted by atomic mass is 16.2. The van der Waals surface area contributed by atoms with Crippen LogP contribution in [0, 0.1) is 13.8 Å². The van der Waals surface area contributed by atoms with Crippen molar-refractivity contribution in [2.24, 2.45) is 0 Å². The summed E-state index contributed by atoms with van der Waals surface area (Å²) in [4.78, 5) is 31.3. The van der Waals surface area contributed by atoms with Gasteiger partial charge in [0.15, 0.2) is 0 Å². The normalized spacial score (nSPS) is 10.3. The Hall–Kier alpha value is -3.87. The van der Waals surface area contributed by atoms with E-state index in [1.165, 1.54) is 0 Å². The Morgan fingerprint density at radius 1 is 1.00 bits per heavy atom. The van der Waals surface area contributed by atoms with Gasteiger partial charge in [-0.05, 0) is 60.9 Å². The first-order valence-corrected chi connectivity index (χ1v) is 9.98. The van der Waals surface area contributed by atoms with Crippen LogP contribution in [-0.2, 0) is 6.54 Å². The number of nitrogens with zero attached hydrogens (tertiary/aromatic N) is 2. The Morgan fingerprint density at radius 3 is 2.52 bits per heavy atom. The molecule has 0 aliphatic carbocycles. The second kappa shape index (κ2) is 9.75. The highest BCUT2D eigenvalue weighted by Crippen LogP contribution is 2.24. The molecule has 7 nitrogen and oxygen atoms in total. The zero-order chi connectivity index (χ0) is 22.4. The minimum Gasteiger partial charge on any atom is -0.377 e. The molecule has 0 aliphatic rings. The maximum Gasteiger partial charge on any atom is 0.323 e. The van der Waals surface area contributed by atoms with E-state index < -0.39 is 0 Å². The van der Waals surface area contributed by atoms with Gasteiger partial charge in [-0.2, -0.15) is 0 Å². The number of carbonyl (C=O) groups excluding carboxylic acids is 2. The molecule has 0 fully saturated rings. The first-order chi connectivity index (χ1) is 14.8. The number of rotatable bonds is 6. The van der Waals surface area contributed by atoms with Crippen LogP contribution in [0.5, 0.6) is 0 Å². The number of anilines is 3. The zero-order valence-electron chi connectivity index (χ0n) is 18.2. The van der Waals surface area contributed by atoms with Gasteiger partial charge in [-0.1, -0.05) is 18.2 Å². The standard InChI is InChI=1S/C24H27N5O2/c1-16-7-5-9-21(17(16)2)28-24(31)27-19-10-11-22(29(3)4)20(13-19)23(30)26-15-18-8-6-12-25-14-18/h5-14H,15H2,1-4H3,(H,26,30)(H2,27,28,31). The molecule has 3 rings (SSSR count). The molecule has 0 saturated carbocycles. The van der Waals surface area contributed by atoms with Crippen LogP contribution >= 0.6 is 0 Å². The Balaban J connectivity index is 1.75. The maximum atomic E-state index is 12.9. The Morgan fingerprint density at radius 2 is 1.81 bits per heavy atom. The predicted octanol–water partition coefficient (Wildman–Crippen LogP) is 4.34. The quantitative estimate of drug-likeness (QED) is 0.557. The lowest BCUT2D eigenvalue weighted by Crippen LogP contribution is -2.26. The van der Waals surface area contributed by atoms with E-state index in [4.69, 9.17) is 0 Å². The molecule has 1 aromatic heterocycles. The van der Waals surface area contributed by atoms with Crippen molar-refractivity contribution in [2.45, 2.75) is 20.4 Å². The van der Waals surface area contributed by atoms with Crippen LogP contribution in [0.1, 0.15) is 27.0 Å². The van der Waals surface area contributed by atoms with Crippen molar-refractivity contribution in [3.05, 3.63) is 83.2 Å². The Labute approximate surface area is 182 Å². The van der Waals surface area contributed by atoms with E-state index in [0.717, 1.165) is 28.1 Å². The summed E-state index contributed by atoms with van der Waals surface area (Å²) >= 11 is 0. The predicted molar refractivity (Wildman–Crippen MR) is 125 cm³/mol. The average molecular weight is 418 g/mol. The molecule has 0 saturated heterocycles. The van der Waals surface area contributed by atoms with Crippen LogP contribution in [0.15, 0.2) is 60.9 Å². The number of hydrogen-bond donors (Lipinski definition) is 3. The molecule has 7 heteroatoms. The fourth-order valence-corrected chi connectivity index (χ4v) is 3.14. The van der Waals surface area contributed by atoms with Crippen LogP contribution in [0.2, 0.25) is 0 Å². The summed E-state index contributed by atoms with van der Waals surface area (Å²) < 4.78 is 0. The molecule has 3 aromatic rings. The summed E-state index contributed by atoms with van der Waals surface area (Å²) in [5, 5.41) is 8.59. The maximum absolute atomic E-state index is 12.9. The van der Waals surface area contributed by atoms with Crippen molar-refractivity contribution in [1.82, 2.24) is 10.3 Å². The second-order valence-corrected chi connectivity index (χ2v) is 7.50. The molecule has 0 aliphatic heterocycles. The molecule has 0 bridgehead atoms. The van der Waals surface area contributed by atoms with E-state index in [-0.39, 0.29) is 11.9 Å². The minimum absolute atomic E-state index is 0.230. The molecule has 31 heavy (non-hydrogen) atoms. The average Bonchev–Trinajstić information content (AvgIpc) is 2.75. The third-order valence-electron chi connectivity index (χ3n) is 5.01. The highest BCUT2D eigenvalue weighted by molar-refractivity contribution is 6.04. The van der Waals surface area contributed by atoms with Crippen molar-refractivity contribution in [2.75, 3.05) is 29.6 Å². The van der Waals surface area contributed by atoms with E-state index in [9.17, 15) is 9.59 Å². The molecule has 0 radical (unpaired) electrons. The fraction of sp³-hybridized carbons (Fsp3) is 0.208. The SMILES string of the molecule is Cc1cccc(NC(=O)Nc2ccc(N(C)C)c(C(=O)NCc3cccnc3)c2)c1C. The third-order valence-corrected chi connectivity index (χ3v) is 5.01. The summed E-state index contributed by atoms with van der Waals surface area (Å²) in [5.41, 5.74) is 5.51. The van der Waals surface area contributed by atoms with Crippen LogP contribution in [0.25, 0.3) is 0 Å². The number of benzene rings is 2. The monoisotopic (exact) mass is 417 g/mol. The number of aryl methyl sites for hydroxylation is 1. The molecular formula is C24H27N5O2. The summed E-state index contributed by atoms with van der Waals surface area (Å²) in [7, 11) is 3.74. The lowest BCUT2D eigenvalue weighted by Gasteiger charge is -2.19. The van der Waals surface area contributed by atoms with Crippen LogP contribution in [0.3, 0.4) is 0 Å². The lowest BCUT2D eigenvalue weighted by molar-refractivity contribution is 0.0951. The molecule has 0 unspecified atom stereocenters. The summed E-state index contributed by atoms with van der Waals surface area (Å²) in [6.07, 6.45) is 3.40. The Bertz CT molecular complexity index is 1080. The van der Waals surface area contributed by atoms with E-state index in [1.54, 1.807) is 24.5 Å². The summed E-state index contributed by atoms with van der Waals surface area (Å²) in [5.74, 6) is -0.230. The van der Waals surface area contributed by atoms with Gasteiger partial charge in [-0.3, -0.25) is 9.78 Å². The number of pyridine rings is 1. The Kier molecular flexibility index (Phi) is 6.87. The largest absolute Gasteiger partial charge is 0.377 e. The first kappa shape index (κ1) is 21.8. The number of amides is 3. The summed E-state index contributed by atoms with van der Waals surface area (Å²) in [6, 6.07) is 14.4. The fourth-order valence-electron chi connectivity index (χ4n) is 3.14. The molecule has 3 N–H and O–H groups in total. The van der Waals surface area contributed by atoms with Gasteiger partial charge < -0.3 is 20.9 Å². The van der Waals surface area contributed by atoms with Crippen molar-refractivity contribution in [3.8, 4) is 0 Å². The van der Waals surface area contributed by atoms with E-state index in [0.29, 0.717) is 17.8 Å². The summed E-state index contributed by atoms with van der Waals surface area (Å²) in [6.45, 7) is 4.32. The van der Waals surface area contributed by atoms with Gasteiger partial charge in [0.2, 0.25) is 0 Å². The molecule has 0 atom stereocenters. The molecular weight excluding hydrogens is 390 g/mol. The van der Waals surface area contributed by atoms with Gasteiger partial charge in [-0.15, -0.1) is 0 Å². The van der Waals surface area contributed by atoms with Crippen LogP contribution < -0.4 is 20.9 Å². The molecule has 0 spiro atoms. The number of urea groups is 1. The lowest BCUT2D eigenvalue weighted by atomic mass is 10.1. The van der Waals surface area contributed by atoms with E-state index in [2.05, 4.69) is 20.9 Å². The third kappa shape index (κ3) is 5.60. The smallest absolute Gasteiger partial charge is 0.323 e. The van der Waals surface area contributed by atoms with Gasteiger partial charge in [0.05, 0.1) is 5.56 Å². The molecule has 2 aromatic carbocycles.